The second-order valence-corrected chi connectivity index (χ2v) is 4.60. The molecular formula is C11H20N2O4. The summed E-state index contributed by atoms with van der Waals surface area (Å²) in [4.78, 5) is 22.5. The van der Waals surface area contributed by atoms with Crippen LogP contribution in [0.15, 0.2) is 5.16 Å². The van der Waals surface area contributed by atoms with Crippen molar-refractivity contribution >= 4 is 17.6 Å². The Balaban J connectivity index is 4.77. The van der Waals surface area contributed by atoms with E-state index in [0.29, 0.717) is 0 Å². The van der Waals surface area contributed by atoms with E-state index in [1.165, 1.54) is 0 Å². The number of rotatable bonds is 6. The van der Waals surface area contributed by atoms with Crippen LogP contribution in [0.3, 0.4) is 0 Å². The van der Waals surface area contributed by atoms with Gasteiger partial charge in [-0.3, -0.25) is 9.59 Å². The summed E-state index contributed by atoms with van der Waals surface area (Å²) in [6.45, 7) is 7.23. The summed E-state index contributed by atoms with van der Waals surface area (Å²) >= 11 is 0. The fourth-order valence-electron chi connectivity index (χ4n) is 1.28. The maximum atomic E-state index is 11.5. The summed E-state index contributed by atoms with van der Waals surface area (Å²) in [6.07, 6.45) is -0.676. The number of carbonyl (C=O) groups is 2. The van der Waals surface area contributed by atoms with Gasteiger partial charge in [0.25, 0.3) is 5.91 Å². The first kappa shape index (κ1) is 15.4. The van der Waals surface area contributed by atoms with Crippen LogP contribution in [0.4, 0.5) is 0 Å². The number of nitrogens with zero attached hydrogens (tertiary/aromatic N) is 1. The second kappa shape index (κ2) is 6.88. The smallest absolute Gasteiger partial charge is 0.306 e. The Morgan fingerprint density at radius 1 is 1.29 bits per heavy atom. The van der Waals surface area contributed by atoms with Crippen LogP contribution in [-0.4, -0.2) is 28.9 Å². The van der Waals surface area contributed by atoms with Crippen molar-refractivity contribution in [3.05, 3.63) is 0 Å². The van der Waals surface area contributed by atoms with Gasteiger partial charge in [-0.25, -0.2) is 0 Å². The standard InChI is InChI=1S/C11H20N2O4/c1-6(2)5-8(14)17-10(7(3)4)9(13-16)11(12)15/h6-7,10,16H,5H2,1-4H3,(H2,12,15). The van der Waals surface area contributed by atoms with Gasteiger partial charge in [-0.05, 0) is 11.8 Å². The maximum absolute atomic E-state index is 11.5. The lowest BCUT2D eigenvalue weighted by Gasteiger charge is -2.21. The first-order valence-corrected chi connectivity index (χ1v) is 5.50. The van der Waals surface area contributed by atoms with E-state index >= 15 is 0 Å². The molecule has 17 heavy (non-hydrogen) atoms. The topological polar surface area (TPSA) is 102 Å². The van der Waals surface area contributed by atoms with Gasteiger partial charge >= 0.3 is 5.97 Å². The average Bonchev–Trinajstić information content (AvgIpc) is 2.15. The highest BCUT2D eigenvalue weighted by atomic mass is 16.5. The van der Waals surface area contributed by atoms with Gasteiger partial charge in [0.1, 0.15) is 0 Å². The predicted molar refractivity (Wildman–Crippen MR) is 62.6 cm³/mol. The van der Waals surface area contributed by atoms with Crippen molar-refractivity contribution in [1.82, 2.24) is 0 Å². The van der Waals surface area contributed by atoms with Crippen molar-refractivity contribution in [3.8, 4) is 0 Å². The first-order chi connectivity index (χ1) is 7.79. The van der Waals surface area contributed by atoms with E-state index in [-0.39, 0.29) is 24.0 Å². The molecule has 1 amide bonds. The van der Waals surface area contributed by atoms with Crippen LogP contribution in [0.1, 0.15) is 34.1 Å². The summed E-state index contributed by atoms with van der Waals surface area (Å²) in [5.41, 5.74) is 4.71. The molecule has 3 N–H and O–H groups in total. The normalized spacial score (nSPS) is 13.9. The molecule has 0 spiro atoms. The number of hydrogen-bond donors (Lipinski definition) is 2. The van der Waals surface area contributed by atoms with Crippen molar-refractivity contribution in [2.75, 3.05) is 0 Å². The van der Waals surface area contributed by atoms with Crippen molar-refractivity contribution < 1.29 is 19.5 Å². The summed E-state index contributed by atoms with van der Waals surface area (Å²) in [7, 11) is 0. The zero-order valence-electron chi connectivity index (χ0n) is 10.6. The first-order valence-electron chi connectivity index (χ1n) is 5.50. The van der Waals surface area contributed by atoms with Crippen molar-refractivity contribution in [3.63, 3.8) is 0 Å². The highest BCUT2D eigenvalue weighted by Gasteiger charge is 2.28. The third-order valence-electron chi connectivity index (χ3n) is 2.07. The lowest BCUT2D eigenvalue weighted by molar-refractivity contribution is -0.148. The van der Waals surface area contributed by atoms with Gasteiger partial charge in [0, 0.05) is 6.42 Å². The average molecular weight is 244 g/mol. The number of amides is 1. The van der Waals surface area contributed by atoms with Crippen LogP contribution >= 0.6 is 0 Å². The Morgan fingerprint density at radius 2 is 1.82 bits per heavy atom. The van der Waals surface area contributed by atoms with Gasteiger partial charge in [-0.15, -0.1) is 0 Å². The molecule has 1 atom stereocenters. The highest BCUT2D eigenvalue weighted by Crippen LogP contribution is 2.12. The second-order valence-electron chi connectivity index (χ2n) is 4.60. The highest BCUT2D eigenvalue weighted by molar-refractivity contribution is 6.40. The van der Waals surface area contributed by atoms with Gasteiger partial charge in [0.15, 0.2) is 11.8 Å². The predicted octanol–water partition coefficient (Wildman–Crippen LogP) is 0.916. The molecule has 0 aliphatic heterocycles. The van der Waals surface area contributed by atoms with Crippen LogP contribution < -0.4 is 5.73 Å². The molecule has 0 aromatic rings. The zero-order chi connectivity index (χ0) is 13.6. The van der Waals surface area contributed by atoms with Gasteiger partial charge in [0.05, 0.1) is 0 Å². The SMILES string of the molecule is CC(C)CC(=O)OC(C(=NO)C(N)=O)C(C)C. The molecule has 1 unspecified atom stereocenters. The van der Waals surface area contributed by atoms with E-state index in [4.69, 9.17) is 15.7 Å². The number of oxime groups is 1. The lowest BCUT2D eigenvalue weighted by Crippen LogP contribution is -2.40. The summed E-state index contributed by atoms with van der Waals surface area (Å²) < 4.78 is 5.11. The molecule has 0 saturated carbocycles. The van der Waals surface area contributed by atoms with E-state index in [1.807, 2.05) is 13.8 Å². The molecule has 0 rings (SSSR count). The van der Waals surface area contributed by atoms with Gasteiger partial charge < -0.3 is 15.7 Å². The Hall–Kier alpha value is -1.59. The minimum absolute atomic E-state index is 0.151. The number of ether oxygens (including phenoxy) is 1. The third kappa shape index (κ3) is 5.33. The fourth-order valence-corrected chi connectivity index (χ4v) is 1.28. The van der Waals surface area contributed by atoms with E-state index in [1.54, 1.807) is 13.8 Å². The molecule has 0 saturated heterocycles. The van der Waals surface area contributed by atoms with Crippen LogP contribution in [0.25, 0.3) is 0 Å². The van der Waals surface area contributed by atoms with E-state index in [2.05, 4.69) is 5.16 Å². The zero-order valence-corrected chi connectivity index (χ0v) is 10.6. The summed E-state index contributed by atoms with van der Waals surface area (Å²) in [6, 6.07) is 0. The fraction of sp³-hybridized carbons (Fsp3) is 0.727. The molecule has 0 aliphatic carbocycles. The van der Waals surface area contributed by atoms with Crippen LogP contribution in [0.2, 0.25) is 0 Å². The number of primary amides is 1. The van der Waals surface area contributed by atoms with Crippen LogP contribution in [-0.2, 0) is 14.3 Å². The monoisotopic (exact) mass is 244 g/mol. The number of hydrogen-bond acceptors (Lipinski definition) is 5. The molecule has 0 aromatic carbocycles. The molecule has 0 bridgehead atoms. The third-order valence-corrected chi connectivity index (χ3v) is 2.07. The van der Waals surface area contributed by atoms with Crippen molar-refractivity contribution in [2.24, 2.45) is 22.7 Å². The molecule has 6 heteroatoms. The molecule has 0 fully saturated rings. The summed E-state index contributed by atoms with van der Waals surface area (Å²) in [5.74, 6) is -1.40. The number of nitrogens with two attached hydrogens (primary N) is 1. The lowest BCUT2D eigenvalue weighted by atomic mass is 10.0. The van der Waals surface area contributed by atoms with Gasteiger partial charge in [-0.1, -0.05) is 32.9 Å². The molecule has 0 radical (unpaired) electrons. The molecule has 0 aliphatic rings. The number of esters is 1. The maximum Gasteiger partial charge on any atom is 0.306 e. The molecular weight excluding hydrogens is 224 g/mol. The van der Waals surface area contributed by atoms with E-state index in [9.17, 15) is 9.59 Å². The molecule has 0 aromatic heterocycles. The van der Waals surface area contributed by atoms with E-state index in [0.717, 1.165) is 0 Å². The quantitative estimate of drug-likeness (QED) is 0.314. The van der Waals surface area contributed by atoms with Crippen molar-refractivity contribution in [1.29, 1.82) is 0 Å². The van der Waals surface area contributed by atoms with Crippen LogP contribution in [0, 0.1) is 11.8 Å². The Morgan fingerprint density at radius 3 is 2.12 bits per heavy atom. The van der Waals surface area contributed by atoms with Gasteiger partial charge in [-0.2, -0.15) is 0 Å². The Kier molecular flexibility index (Phi) is 6.23. The molecule has 0 heterocycles. The minimum Gasteiger partial charge on any atom is -0.455 e. The largest absolute Gasteiger partial charge is 0.455 e. The Labute approximate surface area is 101 Å². The minimum atomic E-state index is -0.913. The Bertz CT molecular complexity index is 311. The van der Waals surface area contributed by atoms with Crippen LogP contribution in [0.5, 0.6) is 0 Å². The molecule has 6 nitrogen and oxygen atoms in total. The van der Waals surface area contributed by atoms with E-state index < -0.39 is 18.0 Å². The number of carbonyl (C=O) groups excluding carboxylic acids is 2. The van der Waals surface area contributed by atoms with Crippen molar-refractivity contribution in [2.45, 2.75) is 40.2 Å². The summed E-state index contributed by atoms with van der Waals surface area (Å²) in [5, 5.41) is 11.5. The van der Waals surface area contributed by atoms with Gasteiger partial charge in [0.2, 0.25) is 0 Å². The molecule has 98 valence electrons.